The number of phenolic OH excluding ortho intramolecular Hbond substituents is 1. The average Bonchev–Trinajstić information content (AvgIpc) is 2.83. The quantitative estimate of drug-likeness (QED) is 0.135. The third-order valence-electron chi connectivity index (χ3n) is 7.57. The van der Waals surface area contributed by atoms with Gasteiger partial charge < -0.3 is 9.84 Å². The minimum absolute atomic E-state index is 0.00227. The molecule has 38 heavy (non-hydrogen) atoms. The van der Waals surface area contributed by atoms with Crippen molar-refractivity contribution in [3.8, 4) is 5.75 Å². The largest absolute Gasteiger partial charge is 0.508 e. The van der Waals surface area contributed by atoms with E-state index < -0.39 is 0 Å². The molecule has 0 aliphatic rings. The van der Waals surface area contributed by atoms with Crippen LogP contribution in [0, 0.1) is 5.41 Å². The highest BCUT2D eigenvalue weighted by Gasteiger charge is 2.29. The number of phenols is 1. The molecule has 0 aliphatic heterocycles. The van der Waals surface area contributed by atoms with Crippen LogP contribution in [0.25, 0.3) is 0 Å². The van der Waals surface area contributed by atoms with Crippen molar-refractivity contribution in [1.29, 1.82) is 0 Å². The molecular weight excluding hydrogens is 468 g/mol. The second-order valence-corrected chi connectivity index (χ2v) is 13.8. The smallest absolute Gasteiger partial charge is 0.313 e. The van der Waals surface area contributed by atoms with Crippen LogP contribution in [0.5, 0.6) is 5.75 Å². The normalized spacial score (nSPS) is 13.0. The maximum absolute atomic E-state index is 13.1. The summed E-state index contributed by atoms with van der Waals surface area (Å²) in [6, 6.07) is 5.62. The highest BCUT2D eigenvalue weighted by atomic mass is 16.5. The summed E-state index contributed by atoms with van der Waals surface area (Å²) in [6.07, 6.45) is 22.1. The summed E-state index contributed by atoms with van der Waals surface area (Å²) in [4.78, 5) is 13.1. The Balaban J connectivity index is 2.26. The second kappa shape index (κ2) is 18.7. The number of carbonyl (C=O) groups is 1. The van der Waals surface area contributed by atoms with Crippen LogP contribution < -0.4 is 0 Å². The maximum Gasteiger partial charge on any atom is 0.313 e. The molecule has 0 spiro atoms. The molecule has 0 aromatic heterocycles. The molecule has 1 aromatic carbocycles. The van der Waals surface area contributed by atoms with Gasteiger partial charge >= 0.3 is 5.97 Å². The van der Waals surface area contributed by atoms with Gasteiger partial charge in [-0.05, 0) is 40.9 Å². The fraction of sp³-hybridized carbons (Fsp3) is 0.800. The van der Waals surface area contributed by atoms with Crippen LogP contribution in [0.2, 0.25) is 0 Å². The van der Waals surface area contributed by atoms with Crippen molar-refractivity contribution in [2.24, 2.45) is 5.41 Å². The van der Waals surface area contributed by atoms with Gasteiger partial charge in [-0.1, -0.05) is 157 Å². The molecule has 1 N–H and O–H groups in total. The highest BCUT2D eigenvalue weighted by Crippen LogP contribution is 2.37. The SMILES string of the molecule is CCCCCCCCCCCCCCCCCCOC(=O)C(CC(C)(C)C)c1ccc(O)c(C(C)(C)C)c1. The maximum atomic E-state index is 13.1. The Morgan fingerprint density at radius 1 is 0.737 bits per heavy atom. The molecular formula is C35H62O3. The standard InChI is InChI=1S/C35H62O3/c1-8-9-10-11-12-13-14-15-16-17-18-19-20-21-22-23-26-38-33(37)30(28-34(2,3)4)29-24-25-32(36)31(27-29)35(5,6)7/h24-25,27,30,36H,8-23,26,28H2,1-7H3. The van der Waals surface area contributed by atoms with Gasteiger partial charge in [0.1, 0.15) is 5.75 Å². The number of hydrogen-bond acceptors (Lipinski definition) is 3. The van der Waals surface area contributed by atoms with Crippen LogP contribution in [0.4, 0.5) is 0 Å². The Morgan fingerprint density at radius 3 is 1.61 bits per heavy atom. The first-order valence-electron chi connectivity index (χ1n) is 16.0. The van der Waals surface area contributed by atoms with E-state index in [1.807, 2.05) is 12.1 Å². The van der Waals surface area contributed by atoms with Crippen molar-refractivity contribution in [3.05, 3.63) is 29.3 Å². The van der Waals surface area contributed by atoms with E-state index in [4.69, 9.17) is 4.74 Å². The van der Waals surface area contributed by atoms with Crippen LogP contribution in [-0.4, -0.2) is 17.7 Å². The summed E-state index contributed by atoms with van der Waals surface area (Å²) in [5, 5.41) is 10.4. The van der Waals surface area contributed by atoms with Crippen LogP contribution >= 0.6 is 0 Å². The lowest BCUT2D eigenvalue weighted by atomic mass is 9.79. The zero-order valence-electron chi connectivity index (χ0n) is 26.3. The lowest BCUT2D eigenvalue weighted by Crippen LogP contribution is -2.23. The van der Waals surface area contributed by atoms with Crippen LogP contribution in [-0.2, 0) is 14.9 Å². The summed E-state index contributed by atoms with van der Waals surface area (Å²) in [6.45, 7) is 15.5. The predicted octanol–water partition coefficient (Wildman–Crippen LogP) is 11.0. The zero-order chi connectivity index (χ0) is 28.4. The van der Waals surface area contributed by atoms with Crippen molar-refractivity contribution in [2.45, 2.75) is 169 Å². The Bertz CT molecular complexity index is 753. The molecule has 0 heterocycles. The molecule has 3 nitrogen and oxygen atoms in total. The summed E-state index contributed by atoms with van der Waals surface area (Å²) in [5.41, 5.74) is 1.63. The summed E-state index contributed by atoms with van der Waals surface area (Å²) < 4.78 is 5.78. The van der Waals surface area contributed by atoms with Crippen molar-refractivity contribution in [2.75, 3.05) is 6.61 Å². The predicted molar refractivity (Wildman–Crippen MR) is 164 cm³/mol. The molecule has 0 saturated heterocycles. The molecule has 220 valence electrons. The molecule has 0 bridgehead atoms. The molecule has 1 aromatic rings. The zero-order valence-corrected chi connectivity index (χ0v) is 26.3. The number of carbonyl (C=O) groups excluding carboxylic acids is 1. The van der Waals surface area contributed by atoms with E-state index in [1.165, 1.54) is 89.9 Å². The molecule has 3 heteroatoms. The number of benzene rings is 1. The molecule has 0 amide bonds. The Hall–Kier alpha value is -1.51. The van der Waals surface area contributed by atoms with Crippen molar-refractivity contribution in [1.82, 2.24) is 0 Å². The fourth-order valence-electron chi connectivity index (χ4n) is 5.24. The van der Waals surface area contributed by atoms with Gasteiger partial charge in [-0.2, -0.15) is 0 Å². The van der Waals surface area contributed by atoms with Crippen molar-refractivity contribution >= 4 is 5.97 Å². The Kier molecular flexibility index (Phi) is 17.0. The molecule has 0 aliphatic carbocycles. The van der Waals surface area contributed by atoms with Crippen molar-refractivity contribution < 1.29 is 14.6 Å². The Labute approximate surface area is 236 Å². The monoisotopic (exact) mass is 530 g/mol. The first-order valence-corrected chi connectivity index (χ1v) is 16.0. The van der Waals surface area contributed by atoms with Gasteiger partial charge in [0, 0.05) is 0 Å². The third kappa shape index (κ3) is 15.8. The van der Waals surface area contributed by atoms with E-state index in [2.05, 4.69) is 48.5 Å². The topological polar surface area (TPSA) is 46.5 Å². The summed E-state index contributed by atoms with van der Waals surface area (Å²) >= 11 is 0. The van der Waals surface area contributed by atoms with Gasteiger partial charge in [0.25, 0.3) is 0 Å². The van der Waals surface area contributed by atoms with E-state index in [0.717, 1.165) is 30.4 Å². The first kappa shape index (κ1) is 34.5. The van der Waals surface area contributed by atoms with Crippen LogP contribution in [0.3, 0.4) is 0 Å². The molecule has 0 fully saturated rings. The molecule has 1 atom stereocenters. The third-order valence-corrected chi connectivity index (χ3v) is 7.57. The van der Waals surface area contributed by atoms with E-state index in [1.54, 1.807) is 6.07 Å². The summed E-state index contributed by atoms with van der Waals surface area (Å²) in [5.74, 6) is -0.151. The van der Waals surface area contributed by atoms with E-state index >= 15 is 0 Å². The first-order chi connectivity index (χ1) is 18.0. The van der Waals surface area contributed by atoms with Crippen LogP contribution in [0.15, 0.2) is 18.2 Å². The van der Waals surface area contributed by atoms with Gasteiger partial charge in [0.05, 0.1) is 12.5 Å². The highest BCUT2D eigenvalue weighted by molar-refractivity contribution is 5.78. The lowest BCUT2D eigenvalue weighted by Gasteiger charge is -2.27. The minimum Gasteiger partial charge on any atom is -0.508 e. The number of unbranched alkanes of at least 4 members (excludes halogenated alkanes) is 15. The average molecular weight is 531 g/mol. The minimum atomic E-state index is -0.308. The number of ether oxygens (including phenoxy) is 1. The van der Waals surface area contributed by atoms with E-state index in [0.29, 0.717) is 6.61 Å². The molecule has 0 saturated carbocycles. The number of aromatic hydroxyl groups is 1. The number of esters is 1. The summed E-state index contributed by atoms with van der Waals surface area (Å²) in [7, 11) is 0. The second-order valence-electron chi connectivity index (χ2n) is 13.8. The van der Waals surface area contributed by atoms with Gasteiger partial charge in [-0.3, -0.25) is 4.79 Å². The molecule has 0 radical (unpaired) electrons. The van der Waals surface area contributed by atoms with Gasteiger partial charge in [-0.25, -0.2) is 0 Å². The van der Waals surface area contributed by atoms with Gasteiger partial charge in [0.2, 0.25) is 0 Å². The van der Waals surface area contributed by atoms with E-state index in [9.17, 15) is 9.90 Å². The molecule has 1 rings (SSSR count). The van der Waals surface area contributed by atoms with E-state index in [-0.39, 0.29) is 28.5 Å². The van der Waals surface area contributed by atoms with Crippen molar-refractivity contribution in [3.63, 3.8) is 0 Å². The fourth-order valence-corrected chi connectivity index (χ4v) is 5.24. The van der Waals surface area contributed by atoms with Crippen LogP contribution in [0.1, 0.15) is 175 Å². The molecule has 1 unspecified atom stereocenters. The Morgan fingerprint density at radius 2 is 1.18 bits per heavy atom. The van der Waals surface area contributed by atoms with Gasteiger partial charge in [0.15, 0.2) is 0 Å². The lowest BCUT2D eigenvalue weighted by molar-refractivity contribution is -0.146. The number of hydrogen-bond donors (Lipinski definition) is 1. The number of rotatable bonds is 20. The van der Waals surface area contributed by atoms with Gasteiger partial charge in [-0.15, -0.1) is 0 Å².